The van der Waals surface area contributed by atoms with Gasteiger partial charge in [0, 0.05) is 17.9 Å². The number of nitrogens with one attached hydrogen (secondary N) is 3. The summed E-state index contributed by atoms with van der Waals surface area (Å²) in [5.74, 6) is 0.00168. The maximum Gasteiger partial charge on any atom is 0.407 e. The molecule has 0 aliphatic carbocycles. The molecule has 0 unspecified atom stereocenters. The van der Waals surface area contributed by atoms with Crippen molar-refractivity contribution in [3.63, 3.8) is 0 Å². The number of nitrogens with zero attached hydrogens (tertiary/aromatic N) is 2. The molecule has 1 aromatic carbocycles. The molecule has 34 heavy (non-hydrogen) atoms. The first kappa shape index (κ1) is 28.7. The second-order valence-electron chi connectivity index (χ2n) is 8.63. The molecule has 0 radical (unpaired) electrons. The predicted octanol–water partition coefficient (Wildman–Crippen LogP) is 5.15. The molecule has 9 nitrogen and oxygen atoms in total. The second-order valence-corrected chi connectivity index (χ2v) is 8.63. The van der Waals surface area contributed by atoms with Gasteiger partial charge in [-0.2, -0.15) is 4.98 Å². The van der Waals surface area contributed by atoms with E-state index in [2.05, 4.69) is 25.9 Å². The first-order valence-corrected chi connectivity index (χ1v) is 11.8. The summed E-state index contributed by atoms with van der Waals surface area (Å²) in [6, 6.07) is 7.33. The van der Waals surface area contributed by atoms with Crippen LogP contribution in [0.1, 0.15) is 77.2 Å². The normalized spacial score (nSPS) is 12.5. The van der Waals surface area contributed by atoms with Crippen molar-refractivity contribution in [3.8, 4) is 0 Å². The summed E-state index contributed by atoms with van der Waals surface area (Å²) in [5, 5.41) is 9.33. The Morgan fingerprint density at radius 3 is 2.29 bits per heavy atom. The SMILES string of the molecule is CC.CC[C@H](Nc1ncc(C(N)=O)c(Nc2cccc(C)c2)n1)[C@@H](CC)NC(=O)OC(C)(C)C. The lowest BCUT2D eigenvalue weighted by atomic mass is 10.0. The van der Waals surface area contributed by atoms with E-state index in [4.69, 9.17) is 10.5 Å². The van der Waals surface area contributed by atoms with E-state index in [9.17, 15) is 9.59 Å². The highest BCUT2D eigenvalue weighted by Gasteiger charge is 2.25. The van der Waals surface area contributed by atoms with Gasteiger partial charge in [-0.05, 0) is 58.2 Å². The number of primary amides is 1. The number of hydrogen-bond donors (Lipinski definition) is 4. The Hall–Kier alpha value is -3.36. The molecule has 0 bridgehead atoms. The molecule has 0 fully saturated rings. The second kappa shape index (κ2) is 13.4. The Labute approximate surface area is 203 Å². The van der Waals surface area contributed by atoms with Crippen molar-refractivity contribution in [1.29, 1.82) is 0 Å². The number of nitrogens with two attached hydrogens (primary N) is 1. The first-order chi connectivity index (χ1) is 16.0. The monoisotopic (exact) mass is 472 g/mol. The van der Waals surface area contributed by atoms with E-state index in [0.29, 0.717) is 24.6 Å². The van der Waals surface area contributed by atoms with Crippen molar-refractivity contribution in [2.45, 2.75) is 85.9 Å². The van der Waals surface area contributed by atoms with Crippen LogP contribution >= 0.6 is 0 Å². The quantitative estimate of drug-likeness (QED) is 0.397. The van der Waals surface area contributed by atoms with E-state index in [0.717, 1.165) is 11.3 Å². The van der Waals surface area contributed by atoms with Gasteiger partial charge in [-0.1, -0.05) is 39.8 Å². The molecule has 0 aliphatic rings. The minimum Gasteiger partial charge on any atom is -0.444 e. The molecule has 0 spiro atoms. The molecule has 1 aromatic heterocycles. The number of aromatic nitrogens is 2. The third-order valence-corrected chi connectivity index (χ3v) is 4.72. The van der Waals surface area contributed by atoms with Crippen LogP contribution in [0.5, 0.6) is 0 Å². The number of anilines is 3. The Balaban J connectivity index is 0.00000281. The number of benzene rings is 1. The fourth-order valence-corrected chi connectivity index (χ4v) is 3.19. The van der Waals surface area contributed by atoms with Crippen LogP contribution in [0.4, 0.5) is 22.2 Å². The van der Waals surface area contributed by atoms with Gasteiger partial charge in [-0.25, -0.2) is 9.78 Å². The molecule has 0 aliphatic heterocycles. The average molecular weight is 473 g/mol. The predicted molar refractivity (Wildman–Crippen MR) is 138 cm³/mol. The number of carbonyl (C=O) groups is 2. The van der Waals surface area contributed by atoms with Crippen LogP contribution < -0.4 is 21.7 Å². The van der Waals surface area contributed by atoms with Crippen LogP contribution in [0, 0.1) is 6.92 Å². The molecule has 0 saturated heterocycles. The Morgan fingerprint density at radius 1 is 1.12 bits per heavy atom. The smallest absolute Gasteiger partial charge is 0.407 e. The summed E-state index contributed by atoms with van der Waals surface area (Å²) >= 11 is 0. The van der Waals surface area contributed by atoms with Crippen molar-refractivity contribution < 1.29 is 14.3 Å². The van der Waals surface area contributed by atoms with E-state index in [1.165, 1.54) is 6.20 Å². The number of ether oxygens (including phenoxy) is 1. The highest BCUT2D eigenvalue weighted by molar-refractivity contribution is 5.98. The highest BCUT2D eigenvalue weighted by atomic mass is 16.6. The van der Waals surface area contributed by atoms with Gasteiger partial charge in [-0.3, -0.25) is 4.79 Å². The molecule has 2 rings (SSSR count). The third kappa shape index (κ3) is 9.25. The third-order valence-electron chi connectivity index (χ3n) is 4.72. The van der Waals surface area contributed by atoms with Gasteiger partial charge in [-0.15, -0.1) is 0 Å². The van der Waals surface area contributed by atoms with E-state index in [-0.39, 0.29) is 17.6 Å². The van der Waals surface area contributed by atoms with E-state index in [1.54, 1.807) is 0 Å². The summed E-state index contributed by atoms with van der Waals surface area (Å²) < 4.78 is 5.38. The van der Waals surface area contributed by atoms with Crippen LogP contribution in [0.25, 0.3) is 0 Å². The van der Waals surface area contributed by atoms with E-state index in [1.807, 2.05) is 79.7 Å². The van der Waals surface area contributed by atoms with Gasteiger partial charge >= 0.3 is 6.09 Å². The number of aryl methyl sites for hydroxylation is 1. The minimum absolute atomic E-state index is 0.154. The molecule has 188 valence electrons. The van der Waals surface area contributed by atoms with Gasteiger partial charge in [0.1, 0.15) is 17.0 Å². The fourth-order valence-electron chi connectivity index (χ4n) is 3.19. The zero-order chi connectivity index (χ0) is 25.9. The van der Waals surface area contributed by atoms with Crippen molar-refractivity contribution in [3.05, 3.63) is 41.6 Å². The summed E-state index contributed by atoms with van der Waals surface area (Å²) in [4.78, 5) is 32.9. The average Bonchev–Trinajstić information content (AvgIpc) is 2.76. The van der Waals surface area contributed by atoms with Gasteiger partial charge in [0.15, 0.2) is 0 Å². The van der Waals surface area contributed by atoms with E-state index < -0.39 is 17.6 Å². The zero-order valence-electron chi connectivity index (χ0n) is 21.7. The van der Waals surface area contributed by atoms with Gasteiger partial charge in [0.25, 0.3) is 5.91 Å². The zero-order valence-corrected chi connectivity index (χ0v) is 21.7. The number of rotatable bonds is 9. The summed E-state index contributed by atoms with van der Waals surface area (Å²) in [6.45, 7) is 15.4. The number of alkyl carbamates (subject to hydrolysis) is 1. The molecule has 2 amide bonds. The Morgan fingerprint density at radius 2 is 1.76 bits per heavy atom. The molecule has 0 saturated carbocycles. The Bertz CT molecular complexity index is 942. The number of hydrogen-bond acceptors (Lipinski definition) is 7. The minimum atomic E-state index is -0.628. The molecule has 2 atom stereocenters. The van der Waals surface area contributed by atoms with Gasteiger partial charge < -0.3 is 26.4 Å². The fraction of sp³-hybridized carbons (Fsp3) is 0.520. The lowest BCUT2D eigenvalue weighted by molar-refractivity contribution is 0.0496. The highest BCUT2D eigenvalue weighted by Crippen LogP contribution is 2.21. The number of amides is 2. The van der Waals surface area contributed by atoms with Crippen molar-refractivity contribution in [2.75, 3.05) is 10.6 Å². The van der Waals surface area contributed by atoms with Gasteiger partial charge in [0.2, 0.25) is 5.95 Å². The van der Waals surface area contributed by atoms with Gasteiger partial charge in [0.05, 0.1) is 6.04 Å². The summed E-state index contributed by atoms with van der Waals surface area (Å²) in [5.41, 5.74) is 6.96. The topological polar surface area (TPSA) is 131 Å². The summed E-state index contributed by atoms with van der Waals surface area (Å²) in [7, 11) is 0. The van der Waals surface area contributed by atoms with Crippen molar-refractivity contribution in [1.82, 2.24) is 15.3 Å². The molecule has 1 heterocycles. The van der Waals surface area contributed by atoms with Crippen LogP contribution in [0.3, 0.4) is 0 Å². The first-order valence-electron chi connectivity index (χ1n) is 11.8. The molecule has 5 N–H and O–H groups in total. The summed E-state index contributed by atoms with van der Waals surface area (Å²) in [6.07, 6.45) is 2.30. The van der Waals surface area contributed by atoms with E-state index >= 15 is 0 Å². The maximum absolute atomic E-state index is 12.3. The van der Waals surface area contributed by atoms with Crippen LogP contribution in [0.2, 0.25) is 0 Å². The molecule has 9 heteroatoms. The van der Waals surface area contributed by atoms with Crippen LogP contribution in [0.15, 0.2) is 30.5 Å². The largest absolute Gasteiger partial charge is 0.444 e. The van der Waals surface area contributed by atoms with Crippen molar-refractivity contribution in [2.24, 2.45) is 5.73 Å². The van der Waals surface area contributed by atoms with Crippen LogP contribution in [-0.4, -0.2) is 39.7 Å². The molecular formula is C25H40N6O3. The number of carbonyl (C=O) groups excluding carboxylic acids is 2. The Kier molecular flexibility index (Phi) is 11.3. The lowest BCUT2D eigenvalue weighted by Crippen LogP contribution is -2.48. The lowest BCUT2D eigenvalue weighted by Gasteiger charge is -2.29. The molecule has 2 aromatic rings. The van der Waals surface area contributed by atoms with Crippen LogP contribution in [-0.2, 0) is 4.74 Å². The standard InChI is InChI=1S/C23H34N6O3.C2H6/c1-7-17(18(8-2)28-22(31)32-23(4,5)6)27-21-25-13-16(19(24)30)20(29-21)26-15-11-9-10-14(3)12-15;1-2/h9-13,17-18H,7-8H2,1-6H3,(H2,24,30)(H,28,31)(H2,25,26,27,29);1-2H3/t17-,18+;/m0./s1. The van der Waals surface area contributed by atoms with Crippen molar-refractivity contribution >= 4 is 29.5 Å². The maximum atomic E-state index is 12.3. The molecular weight excluding hydrogens is 432 g/mol.